The van der Waals surface area contributed by atoms with Gasteiger partial charge in [-0.1, -0.05) is 32.0 Å². The molecule has 0 unspecified atom stereocenters. The number of aliphatic carboxylic acids is 1. The fourth-order valence-corrected chi connectivity index (χ4v) is 2.30. The molecule has 1 aromatic carbocycles. The van der Waals surface area contributed by atoms with Crippen LogP contribution in [0.3, 0.4) is 0 Å². The number of benzene rings is 1. The Morgan fingerprint density at radius 2 is 1.89 bits per heavy atom. The number of para-hydroxylation sites is 1. The Kier molecular flexibility index (Phi) is 3.42. The first-order valence-electron chi connectivity index (χ1n) is 6.20. The zero-order valence-electron chi connectivity index (χ0n) is 11.1. The number of H-pyrrole nitrogens is 1. The third-order valence-electron chi connectivity index (χ3n) is 3.16. The Labute approximate surface area is 111 Å². The van der Waals surface area contributed by atoms with Crippen LogP contribution in [0.25, 0.3) is 10.9 Å². The summed E-state index contributed by atoms with van der Waals surface area (Å²) in [5.74, 6) is -0.902. The van der Waals surface area contributed by atoms with Crippen molar-refractivity contribution in [2.45, 2.75) is 26.7 Å². The van der Waals surface area contributed by atoms with Gasteiger partial charge in [-0.2, -0.15) is 0 Å². The summed E-state index contributed by atoms with van der Waals surface area (Å²) in [6, 6.07) is 7.59. The van der Waals surface area contributed by atoms with E-state index in [2.05, 4.69) is 4.98 Å². The van der Waals surface area contributed by atoms with Crippen LogP contribution in [0.15, 0.2) is 30.5 Å². The Balaban J connectivity index is 2.23. The van der Waals surface area contributed by atoms with Crippen molar-refractivity contribution in [3.05, 3.63) is 36.0 Å². The van der Waals surface area contributed by atoms with Gasteiger partial charge in [0.05, 0.1) is 6.42 Å². The molecule has 0 saturated heterocycles. The Morgan fingerprint density at radius 1 is 1.21 bits per heavy atom. The van der Waals surface area contributed by atoms with Crippen LogP contribution in [0, 0.1) is 5.41 Å². The number of carbonyl (C=O) groups excluding carboxylic acids is 1. The summed E-state index contributed by atoms with van der Waals surface area (Å²) < 4.78 is 0. The second-order valence-electron chi connectivity index (χ2n) is 5.58. The molecule has 0 aliphatic rings. The van der Waals surface area contributed by atoms with Crippen LogP contribution in [0.2, 0.25) is 0 Å². The quantitative estimate of drug-likeness (QED) is 0.810. The molecular weight excluding hydrogens is 242 g/mol. The van der Waals surface area contributed by atoms with E-state index >= 15 is 0 Å². The van der Waals surface area contributed by atoms with E-state index in [9.17, 15) is 9.59 Å². The minimum absolute atomic E-state index is 0.0128. The van der Waals surface area contributed by atoms with Crippen molar-refractivity contribution in [1.82, 2.24) is 4.98 Å². The molecule has 0 amide bonds. The fourth-order valence-electron chi connectivity index (χ4n) is 2.30. The molecule has 0 fully saturated rings. The second-order valence-corrected chi connectivity index (χ2v) is 5.58. The van der Waals surface area contributed by atoms with Gasteiger partial charge in [-0.05, 0) is 11.5 Å². The molecule has 4 heteroatoms. The van der Waals surface area contributed by atoms with Gasteiger partial charge < -0.3 is 10.1 Å². The largest absolute Gasteiger partial charge is 0.481 e. The first-order valence-corrected chi connectivity index (χ1v) is 6.20. The lowest BCUT2D eigenvalue weighted by Gasteiger charge is -2.20. The molecule has 0 aliphatic carbocycles. The Morgan fingerprint density at radius 3 is 2.58 bits per heavy atom. The van der Waals surface area contributed by atoms with Crippen molar-refractivity contribution in [2.75, 3.05) is 0 Å². The summed E-state index contributed by atoms with van der Waals surface area (Å²) in [4.78, 5) is 26.1. The SMILES string of the molecule is CC(C)(CC(=O)O)CC(=O)c1c[nH]c2ccccc12. The van der Waals surface area contributed by atoms with Crippen molar-refractivity contribution in [3.8, 4) is 0 Å². The van der Waals surface area contributed by atoms with E-state index in [1.807, 2.05) is 24.3 Å². The maximum absolute atomic E-state index is 12.3. The zero-order chi connectivity index (χ0) is 14.0. The summed E-state index contributed by atoms with van der Waals surface area (Å²) in [5.41, 5.74) is 1.01. The Hall–Kier alpha value is -2.10. The molecule has 19 heavy (non-hydrogen) atoms. The highest BCUT2D eigenvalue weighted by Crippen LogP contribution is 2.29. The van der Waals surface area contributed by atoms with Crippen LogP contribution >= 0.6 is 0 Å². The molecule has 1 aromatic heterocycles. The average molecular weight is 259 g/mol. The number of aromatic nitrogens is 1. The highest BCUT2D eigenvalue weighted by molar-refractivity contribution is 6.08. The molecule has 4 nitrogen and oxygen atoms in total. The second kappa shape index (κ2) is 4.88. The summed E-state index contributed by atoms with van der Waals surface area (Å²) in [6.45, 7) is 3.60. The molecule has 0 atom stereocenters. The predicted octanol–water partition coefficient (Wildman–Crippen LogP) is 3.24. The lowest BCUT2D eigenvalue weighted by molar-refractivity contribution is -0.139. The predicted molar refractivity (Wildman–Crippen MR) is 73.3 cm³/mol. The van der Waals surface area contributed by atoms with Crippen LogP contribution in [-0.2, 0) is 4.79 Å². The van der Waals surface area contributed by atoms with E-state index in [-0.39, 0.29) is 18.6 Å². The number of ketones is 1. The van der Waals surface area contributed by atoms with Gasteiger partial charge in [0.2, 0.25) is 0 Å². The number of hydrogen-bond donors (Lipinski definition) is 2. The van der Waals surface area contributed by atoms with Crippen LogP contribution in [-0.4, -0.2) is 21.8 Å². The van der Waals surface area contributed by atoms with E-state index in [1.165, 1.54) is 0 Å². The third kappa shape index (κ3) is 3.02. The normalized spacial score (nSPS) is 11.7. The molecule has 0 radical (unpaired) electrons. The summed E-state index contributed by atoms with van der Waals surface area (Å²) >= 11 is 0. The zero-order valence-corrected chi connectivity index (χ0v) is 11.1. The number of hydrogen-bond acceptors (Lipinski definition) is 2. The number of rotatable bonds is 5. The van der Waals surface area contributed by atoms with Crippen LogP contribution < -0.4 is 0 Å². The monoisotopic (exact) mass is 259 g/mol. The van der Waals surface area contributed by atoms with Gasteiger partial charge >= 0.3 is 5.97 Å². The smallest absolute Gasteiger partial charge is 0.303 e. The molecule has 0 saturated carbocycles. The van der Waals surface area contributed by atoms with Gasteiger partial charge in [0.25, 0.3) is 0 Å². The number of carbonyl (C=O) groups is 2. The molecule has 2 rings (SSSR count). The summed E-state index contributed by atoms with van der Waals surface area (Å²) in [5, 5.41) is 9.73. The van der Waals surface area contributed by atoms with E-state index in [0.29, 0.717) is 5.56 Å². The number of carboxylic acid groups (broad SMARTS) is 1. The fraction of sp³-hybridized carbons (Fsp3) is 0.333. The third-order valence-corrected chi connectivity index (χ3v) is 3.16. The van der Waals surface area contributed by atoms with E-state index in [1.54, 1.807) is 20.0 Å². The Bertz CT molecular complexity index is 625. The van der Waals surface area contributed by atoms with Crippen molar-refractivity contribution >= 4 is 22.7 Å². The van der Waals surface area contributed by atoms with Gasteiger partial charge in [-0.15, -0.1) is 0 Å². The lowest BCUT2D eigenvalue weighted by Crippen LogP contribution is -2.21. The molecule has 0 spiro atoms. The van der Waals surface area contributed by atoms with Gasteiger partial charge in [-0.25, -0.2) is 0 Å². The highest BCUT2D eigenvalue weighted by Gasteiger charge is 2.26. The van der Waals surface area contributed by atoms with Crippen molar-refractivity contribution in [1.29, 1.82) is 0 Å². The van der Waals surface area contributed by atoms with Crippen LogP contribution in [0.4, 0.5) is 0 Å². The molecule has 0 bridgehead atoms. The summed E-state index contributed by atoms with van der Waals surface area (Å²) in [6.07, 6.45) is 1.91. The van der Waals surface area contributed by atoms with Gasteiger partial charge in [0, 0.05) is 29.1 Å². The highest BCUT2D eigenvalue weighted by atomic mass is 16.4. The van der Waals surface area contributed by atoms with E-state index in [4.69, 9.17) is 5.11 Å². The van der Waals surface area contributed by atoms with Crippen molar-refractivity contribution in [3.63, 3.8) is 0 Å². The topological polar surface area (TPSA) is 70.2 Å². The number of Topliss-reactive ketones (excluding diaryl/α,β-unsaturated/α-hetero) is 1. The molecule has 2 aromatic rings. The molecular formula is C15H17NO3. The number of carboxylic acids is 1. The van der Waals surface area contributed by atoms with E-state index in [0.717, 1.165) is 10.9 Å². The lowest BCUT2D eigenvalue weighted by atomic mass is 9.82. The minimum atomic E-state index is -0.878. The maximum Gasteiger partial charge on any atom is 0.303 e. The number of nitrogens with one attached hydrogen (secondary N) is 1. The maximum atomic E-state index is 12.3. The molecule has 1 heterocycles. The average Bonchev–Trinajstić information content (AvgIpc) is 2.69. The van der Waals surface area contributed by atoms with Gasteiger partial charge in [-0.3, -0.25) is 9.59 Å². The van der Waals surface area contributed by atoms with Crippen LogP contribution in [0.5, 0.6) is 0 Å². The van der Waals surface area contributed by atoms with Gasteiger partial charge in [0.15, 0.2) is 5.78 Å². The van der Waals surface area contributed by atoms with Crippen molar-refractivity contribution in [2.24, 2.45) is 5.41 Å². The number of fused-ring (bicyclic) bond motifs is 1. The molecule has 100 valence electrons. The van der Waals surface area contributed by atoms with Gasteiger partial charge in [0.1, 0.15) is 0 Å². The standard InChI is InChI=1S/C15H17NO3/c1-15(2,8-14(18)19)7-13(17)11-9-16-12-6-4-3-5-10(11)12/h3-6,9,16H,7-8H2,1-2H3,(H,18,19). The summed E-state index contributed by atoms with van der Waals surface area (Å²) in [7, 11) is 0. The minimum Gasteiger partial charge on any atom is -0.481 e. The van der Waals surface area contributed by atoms with E-state index < -0.39 is 11.4 Å². The van der Waals surface area contributed by atoms with Crippen LogP contribution in [0.1, 0.15) is 37.0 Å². The first-order chi connectivity index (χ1) is 8.89. The molecule has 2 N–H and O–H groups in total. The first kappa shape index (κ1) is 13.3. The molecule has 0 aliphatic heterocycles. The number of aromatic amines is 1. The van der Waals surface area contributed by atoms with Crippen molar-refractivity contribution < 1.29 is 14.7 Å².